The summed E-state index contributed by atoms with van der Waals surface area (Å²) in [6.45, 7) is 10.2. The molecule has 0 spiro atoms. The topological polar surface area (TPSA) is 41.6 Å². The first-order valence-electron chi connectivity index (χ1n) is 7.73. The predicted molar refractivity (Wildman–Crippen MR) is 85.5 cm³/mol. The summed E-state index contributed by atoms with van der Waals surface area (Å²) in [5.41, 5.74) is 1.53. The summed E-state index contributed by atoms with van der Waals surface area (Å²) in [5, 5.41) is 3.45. The molecule has 4 heteroatoms. The zero-order chi connectivity index (χ0) is 15.5. The third-order valence-electron chi connectivity index (χ3n) is 4.10. The highest BCUT2D eigenvalue weighted by Gasteiger charge is 2.46. The van der Waals surface area contributed by atoms with Crippen LogP contribution in [0.3, 0.4) is 0 Å². The summed E-state index contributed by atoms with van der Waals surface area (Å²) in [4.78, 5) is 14.8. The first-order chi connectivity index (χ1) is 9.97. The maximum Gasteiger partial charge on any atom is 0.333 e. The lowest BCUT2D eigenvalue weighted by Gasteiger charge is -2.30. The fourth-order valence-electron chi connectivity index (χ4n) is 2.87. The van der Waals surface area contributed by atoms with E-state index in [4.69, 9.17) is 4.74 Å². The number of esters is 1. The standard InChI is InChI=1S/C17H26N2O2/c1-5-21-16(20)17(9-10-19(12-17)13(2)3)18-15-8-6-7-14(4)11-15/h6-8,11,13,18H,5,9-10,12H2,1-4H3. The first-order valence-corrected chi connectivity index (χ1v) is 7.73. The number of ether oxygens (including phenoxy) is 1. The highest BCUT2D eigenvalue weighted by molar-refractivity contribution is 5.85. The third kappa shape index (κ3) is 3.56. The van der Waals surface area contributed by atoms with Gasteiger partial charge in [-0.2, -0.15) is 0 Å². The van der Waals surface area contributed by atoms with E-state index in [0.717, 1.165) is 18.7 Å². The summed E-state index contributed by atoms with van der Waals surface area (Å²) in [6, 6.07) is 8.56. The number of benzene rings is 1. The van der Waals surface area contributed by atoms with Gasteiger partial charge in [-0.3, -0.25) is 4.90 Å². The van der Waals surface area contributed by atoms with Gasteiger partial charge in [-0.15, -0.1) is 0 Å². The van der Waals surface area contributed by atoms with E-state index >= 15 is 0 Å². The molecule has 1 aliphatic heterocycles. The van der Waals surface area contributed by atoms with Crippen molar-refractivity contribution in [3.63, 3.8) is 0 Å². The number of nitrogens with zero attached hydrogens (tertiary/aromatic N) is 1. The number of rotatable bonds is 5. The molecule has 1 atom stereocenters. The van der Waals surface area contributed by atoms with E-state index in [1.165, 1.54) is 5.56 Å². The summed E-state index contributed by atoms with van der Waals surface area (Å²) >= 11 is 0. The fraction of sp³-hybridized carbons (Fsp3) is 0.588. The minimum Gasteiger partial charge on any atom is -0.464 e. The van der Waals surface area contributed by atoms with Crippen LogP contribution in [-0.4, -0.2) is 42.1 Å². The normalized spacial score (nSPS) is 22.5. The van der Waals surface area contributed by atoms with Crippen molar-refractivity contribution in [1.82, 2.24) is 4.90 Å². The van der Waals surface area contributed by atoms with Crippen LogP contribution in [0.4, 0.5) is 5.69 Å². The maximum absolute atomic E-state index is 12.5. The number of aryl methyl sites for hydroxylation is 1. The molecule has 0 aliphatic carbocycles. The zero-order valence-corrected chi connectivity index (χ0v) is 13.5. The van der Waals surface area contributed by atoms with E-state index in [2.05, 4.69) is 43.1 Å². The largest absolute Gasteiger partial charge is 0.464 e. The van der Waals surface area contributed by atoms with Crippen LogP contribution in [0, 0.1) is 6.92 Å². The van der Waals surface area contributed by atoms with Crippen LogP contribution in [-0.2, 0) is 9.53 Å². The molecule has 1 aromatic rings. The summed E-state index contributed by atoms with van der Waals surface area (Å²) in [7, 11) is 0. The van der Waals surface area contributed by atoms with Gasteiger partial charge < -0.3 is 10.1 Å². The van der Waals surface area contributed by atoms with Crippen molar-refractivity contribution in [2.45, 2.75) is 45.7 Å². The second-order valence-corrected chi connectivity index (χ2v) is 6.11. The molecule has 1 aliphatic rings. The van der Waals surface area contributed by atoms with E-state index in [1.807, 2.05) is 19.1 Å². The van der Waals surface area contributed by atoms with E-state index in [1.54, 1.807) is 0 Å². The molecule has 0 saturated carbocycles. The molecule has 1 N–H and O–H groups in total. The molecule has 1 fully saturated rings. The monoisotopic (exact) mass is 290 g/mol. The van der Waals surface area contributed by atoms with Crippen molar-refractivity contribution in [3.8, 4) is 0 Å². The van der Waals surface area contributed by atoms with Crippen LogP contribution >= 0.6 is 0 Å². The second kappa shape index (κ2) is 6.48. The van der Waals surface area contributed by atoms with E-state index in [9.17, 15) is 4.79 Å². The Morgan fingerprint density at radius 1 is 1.48 bits per heavy atom. The molecule has 4 nitrogen and oxygen atoms in total. The molecular weight excluding hydrogens is 264 g/mol. The summed E-state index contributed by atoms with van der Waals surface area (Å²) in [6.07, 6.45) is 0.776. The number of carbonyl (C=O) groups excluding carboxylic acids is 1. The van der Waals surface area contributed by atoms with Crippen LogP contribution in [0.2, 0.25) is 0 Å². The molecule has 0 amide bonds. The third-order valence-corrected chi connectivity index (χ3v) is 4.10. The number of carbonyl (C=O) groups is 1. The Hall–Kier alpha value is -1.55. The van der Waals surface area contributed by atoms with Gasteiger partial charge in [-0.05, 0) is 51.8 Å². The van der Waals surface area contributed by atoms with Gasteiger partial charge in [0.15, 0.2) is 0 Å². The summed E-state index contributed by atoms with van der Waals surface area (Å²) < 4.78 is 5.33. The highest BCUT2D eigenvalue weighted by Crippen LogP contribution is 2.29. The van der Waals surface area contributed by atoms with Gasteiger partial charge in [0.2, 0.25) is 0 Å². The average molecular weight is 290 g/mol. The number of anilines is 1. The fourth-order valence-corrected chi connectivity index (χ4v) is 2.87. The van der Waals surface area contributed by atoms with Crippen molar-refractivity contribution < 1.29 is 9.53 Å². The average Bonchev–Trinajstić information content (AvgIpc) is 2.85. The van der Waals surface area contributed by atoms with E-state index in [0.29, 0.717) is 19.2 Å². The SMILES string of the molecule is CCOC(=O)C1(Nc2cccc(C)c2)CCN(C(C)C)C1. The second-order valence-electron chi connectivity index (χ2n) is 6.11. The number of likely N-dealkylation sites (tertiary alicyclic amines) is 1. The maximum atomic E-state index is 12.5. The lowest BCUT2D eigenvalue weighted by molar-refractivity contribution is -0.148. The molecule has 1 unspecified atom stereocenters. The van der Waals surface area contributed by atoms with Crippen molar-refractivity contribution in [2.24, 2.45) is 0 Å². The Morgan fingerprint density at radius 2 is 2.24 bits per heavy atom. The van der Waals surface area contributed by atoms with E-state index < -0.39 is 5.54 Å². The highest BCUT2D eigenvalue weighted by atomic mass is 16.5. The smallest absolute Gasteiger partial charge is 0.333 e. The zero-order valence-electron chi connectivity index (χ0n) is 13.5. The van der Waals surface area contributed by atoms with Crippen molar-refractivity contribution >= 4 is 11.7 Å². The van der Waals surface area contributed by atoms with Gasteiger partial charge in [0.25, 0.3) is 0 Å². The molecule has 1 aromatic carbocycles. The molecule has 0 aromatic heterocycles. The van der Waals surface area contributed by atoms with Crippen LogP contribution < -0.4 is 5.32 Å². The van der Waals surface area contributed by atoms with Crippen LogP contribution in [0.1, 0.15) is 32.8 Å². The molecule has 1 saturated heterocycles. The quantitative estimate of drug-likeness (QED) is 0.847. The Kier molecular flexibility index (Phi) is 4.88. The molecule has 0 radical (unpaired) electrons. The van der Waals surface area contributed by atoms with E-state index in [-0.39, 0.29) is 5.97 Å². The predicted octanol–water partition coefficient (Wildman–Crippen LogP) is 2.82. The molecular formula is C17H26N2O2. The number of nitrogens with one attached hydrogen (secondary N) is 1. The van der Waals surface area contributed by atoms with Crippen LogP contribution in [0.25, 0.3) is 0 Å². The minimum absolute atomic E-state index is 0.144. The van der Waals surface area contributed by atoms with Crippen molar-refractivity contribution in [3.05, 3.63) is 29.8 Å². The van der Waals surface area contributed by atoms with Gasteiger partial charge in [0, 0.05) is 24.8 Å². The van der Waals surface area contributed by atoms with Crippen LogP contribution in [0.5, 0.6) is 0 Å². The Morgan fingerprint density at radius 3 is 2.81 bits per heavy atom. The van der Waals surface area contributed by atoms with Gasteiger partial charge >= 0.3 is 5.97 Å². The van der Waals surface area contributed by atoms with Gasteiger partial charge in [-0.25, -0.2) is 4.79 Å². The Bertz CT molecular complexity index is 501. The van der Waals surface area contributed by atoms with Crippen molar-refractivity contribution in [1.29, 1.82) is 0 Å². The first kappa shape index (κ1) is 15.8. The summed E-state index contributed by atoms with van der Waals surface area (Å²) in [5.74, 6) is -0.144. The molecule has 116 valence electrons. The van der Waals surface area contributed by atoms with Gasteiger partial charge in [0.1, 0.15) is 5.54 Å². The van der Waals surface area contributed by atoms with Crippen LogP contribution in [0.15, 0.2) is 24.3 Å². The Balaban J connectivity index is 2.23. The molecule has 0 bridgehead atoms. The van der Waals surface area contributed by atoms with Gasteiger partial charge in [0.05, 0.1) is 6.61 Å². The van der Waals surface area contributed by atoms with Crippen molar-refractivity contribution in [2.75, 3.05) is 25.0 Å². The molecule has 1 heterocycles. The molecule has 2 rings (SSSR count). The number of hydrogen-bond acceptors (Lipinski definition) is 4. The lowest BCUT2D eigenvalue weighted by atomic mass is 9.97. The molecule has 21 heavy (non-hydrogen) atoms. The van der Waals surface area contributed by atoms with Gasteiger partial charge in [-0.1, -0.05) is 12.1 Å². The lowest BCUT2D eigenvalue weighted by Crippen LogP contribution is -2.50. The minimum atomic E-state index is -0.631. The Labute approximate surface area is 127 Å². The number of hydrogen-bond donors (Lipinski definition) is 1.